The SMILES string of the molecule is Cc1ccc(Oc2ccc(NC(=O)[C@H]3CC(=O)N(c4ccccc4C)C3)cc2)cc1. The molecule has 1 fully saturated rings. The number of aryl methyl sites for hydroxylation is 2. The number of rotatable bonds is 5. The summed E-state index contributed by atoms with van der Waals surface area (Å²) in [6.45, 7) is 4.39. The van der Waals surface area contributed by atoms with E-state index in [2.05, 4.69) is 5.32 Å². The molecule has 0 unspecified atom stereocenters. The minimum atomic E-state index is -0.374. The molecule has 2 amide bonds. The summed E-state index contributed by atoms with van der Waals surface area (Å²) < 4.78 is 5.82. The third-order valence-corrected chi connectivity index (χ3v) is 5.28. The fraction of sp³-hybridized carbons (Fsp3) is 0.200. The number of benzene rings is 3. The van der Waals surface area contributed by atoms with Crippen molar-refractivity contribution in [2.24, 2.45) is 5.92 Å². The van der Waals surface area contributed by atoms with Crippen LogP contribution in [0.25, 0.3) is 0 Å². The van der Waals surface area contributed by atoms with Gasteiger partial charge in [0.05, 0.1) is 5.92 Å². The fourth-order valence-corrected chi connectivity index (χ4v) is 3.58. The largest absolute Gasteiger partial charge is 0.457 e. The molecule has 4 rings (SSSR count). The molecule has 1 heterocycles. The van der Waals surface area contributed by atoms with E-state index in [9.17, 15) is 9.59 Å². The van der Waals surface area contributed by atoms with Crippen LogP contribution in [0.15, 0.2) is 72.8 Å². The van der Waals surface area contributed by atoms with Crippen molar-refractivity contribution in [3.05, 3.63) is 83.9 Å². The molecule has 3 aromatic carbocycles. The molecule has 1 aliphatic rings. The average molecular weight is 400 g/mol. The van der Waals surface area contributed by atoms with E-state index in [1.165, 1.54) is 5.56 Å². The van der Waals surface area contributed by atoms with Gasteiger partial charge in [-0.25, -0.2) is 0 Å². The van der Waals surface area contributed by atoms with Crippen molar-refractivity contribution in [1.29, 1.82) is 0 Å². The minimum Gasteiger partial charge on any atom is -0.457 e. The van der Waals surface area contributed by atoms with Crippen molar-refractivity contribution in [3.63, 3.8) is 0 Å². The third-order valence-electron chi connectivity index (χ3n) is 5.28. The quantitative estimate of drug-likeness (QED) is 0.649. The average Bonchev–Trinajstić information content (AvgIpc) is 3.13. The zero-order valence-electron chi connectivity index (χ0n) is 17.1. The Bertz CT molecular complexity index is 1060. The highest BCUT2D eigenvalue weighted by molar-refractivity contribution is 6.03. The predicted molar refractivity (Wildman–Crippen MR) is 118 cm³/mol. The Labute approximate surface area is 176 Å². The van der Waals surface area contributed by atoms with Gasteiger partial charge in [0.1, 0.15) is 11.5 Å². The number of anilines is 2. The molecule has 0 bridgehead atoms. The van der Waals surface area contributed by atoms with E-state index in [0.717, 1.165) is 17.0 Å². The van der Waals surface area contributed by atoms with E-state index < -0.39 is 0 Å². The van der Waals surface area contributed by atoms with E-state index in [4.69, 9.17) is 4.74 Å². The summed E-state index contributed by atoms with van der Waals surface area (Å²) in [5.74, 6) is 0.912. The predicted octanol–water partition coefficient (Wildman–Crippen LogP) is 5.09. The first-order valence-electron chi connectivity index (χ1n) is 10.0. The minimum absolute atomic E-state index is 0.0219. The highest BCUT2D eigenvalue weighted by Crippen LogP contribution is 2.29. The van der Waals surface area contributed by atoms with Crippen molar-refractivity contribution in [1.82, 2.24) is 0 Å². The number of ether oxygens (including phenoxy) is 1. The maximum absolute atomic E-state index is 12.7. The highest BCUT2D eigenvalue weighted by Gasteiger charge is 2.35. The van der Waals surface area contributed by atoms with Crippen LogP contribution in [0.3, 0.4) is 0 Å². The van der Waals surface area contributed by atoms with E-state index in [1.54, 1.807) is 17.0 Å². The Hall–Kier alpha value is -3.60. The maximum Gasteiger partial charge on any atom is 0.229 e. The lowest BCUT2D eigenvalue weighted by molar-refractivity contribution is -0.122. The number of nitrogens with zero attached hydrogens (tertiary/aromatic N) is 1. The van der Waals surface area contributed by atoms with Crippen molar-refractivity contribution >= 4 is 23.2 Å². The van der Waals surface area contributed by atoms with Gasteiger partial charge in [-0.1, -0.05) is 35.9 Å². The monoisotopic (exact) mass is 400 g/mol. The molecule has 5 nitrogen and oxygen atoms in total. The molecule has 0 radical (unpaired) electrons. The number of nitrogens with one attached hydrogen (secondary N) is 1. The molecule has 1 saturated heterocycles. The van der Waals surface area contributed by atoms with Gasteiger partial charge in [-0.15, -0.1) is 0 Å². The molecule has 1 atom stereocenters. The summed E-state index contributed by atoms with van der Waals surface area (Å²) in [6, 6.07) is 22.8. The lowest BCUT2D eigenvalue weighted by atomic mass is 10.1. The van der Waals surface area contributed by atoms with Gasteiger partial charge in [0, 0.05) is 24.3 Å². The van der Waals surface area contributed by atoms with E-state index >= 15 is 0 Å². The number of carbonyl (C=O) groups is 2. The number of amides is 2. The Morgan fingerprint density at radius 1 is 0.933 bits per heavy atom. The standard InChI is InChI=1S/C25H24N2O3/c1-17-7-11-21(12-8-17)30-22-13-9-20(10-14-22)26-25(29)19-15-24(28)27(16-19)23-6-4-3-5-18(23)2/h3-14,19H,15-16H2,1-2H3,(H,26,29)/t19-/m0/s1. The summed E-state index contributed by atoms with van der Waals surface area (Å²) in [5.41, 5.74) is 3.75. The first-order chi connectivity index (χ1) is 14.5. The van der Waals surface area contributed by atoms with Gasteiger partial charge in [-0.3, -0.25) is 9.59 Å². The lowest BCUT2D eigenvalue weighted by Crippen LogP contribution is -2.28. The topological polar surface area (TPSA) is 58.6 Å². The Kier molecular flexibility index (Phi) is 5.53. The Morgan fingerprint density at radius 2 is 1.57 bits per heavy atom. The molecule has 5 heteroatoms. The van der Waals surface area contributed by atoms with Gasteiger partial charge in [-0.2, -0.15) is 0 Å². The van der Waals surface area contributed by atoms with Crippen LogP contribution in [-0.2, 0) is 9.59 Å². The van der Waals surface area contributed by atoms with Gasteiger partial charge in [-0.05, 0) is 61.9 Å². The second-order valence-corrected chi connectivity index (χ2v) is 7.62. The summed E-state index contributed by atoms with van der Waals surface area (Å²) in [6.07, 6.45) is 0.217. The van der Waals surface area contributed by atoms with Gasteiger partial charge in [0.25, 0.3) is 0 Å². The van der Waals surface area contributed by atoms with Gasteiger partial charge in [0.2, 0.25) is 11.8 Å². The molecule has 0 aromatic heterocycles. The van der Waals surface area contributed by atoms with Crippen LogP contribution in [0.1, 0.15) is 17.5 Å². The Balaban J connectivity index is 1.37. The maximum atomic E-state index is 12.7. The van der Waals surface area contributed by atoms with E-state index in [0.29, 0.717) is 18.0 Å². The second kappa shape index (κ2) is 8.41. The molecule has 1 N–H and O–H groups in total. The Morgan fingerprint density at radius 3 is 2.23 bits per heavy atom. The van der Waals surface area contributed by atoms with Crippen LogP contribution in [0, 0.1) is 19.8 Å². The summed E-state index contributed by atoms with van der Waals surface area (Å²) >= 11 is 0. The smallest absolute Gasteiger partial charge is 0.229 e. The molecule has 3 aromatic rings. The van der Waals surface area contributed by atoms with Crippen LogP contribution < -0.4 is 15.0 Å². The van der Waals surface area contributed by atoms with Gasteiger partial charge in [0.15, 0.2) is 0 Å². The lowest BCUT2D eigenvalue weighted by Gasteiger charge is -2.19. The number of para-hydroxylation sites is 1. The zero-order valence-corrected chi connectivity index (χ0v) is 17.1. The van der Waals surface area contributed by atoms with Crippen LogP contribution in [0.5, 0.6) is 11.5 Å². The molecular formula is C25H24N2O3. The first kappa shape index (κ1) is 19.7. The number of carbonyl (C=O) groups excluding carboxylic acids is 2. The van der Waals surface area contributed by atoms with Crippen LogP contribution in [0.4, 0.5) is 11.4 Å². The summed E-state index contributed by atoms with van der Waals surface area (Å²) in [4.78, 5) is 26.9. The normalized spacial score (nSPS) is 15.9. The second-order valence-electron chi connectivity index (χ2n) is 7.62. The van der Waals surface area contributed by atoms with Crippen molar-refractivity contribution in [3.8, 4) is 11.5 Å². The third kappa shape index (κ3) is 4.35. The molecule has 0 aliphatic carbocycles. The van der Waals surface area contributed by atoms with Crippen molar-refractivity contribution in [2.45, 2.75) is 20.3 Å². The fourth-order valence-electron chi connectivity index (χ4n) is 3.58. The summed E-state index contributed by atoms with van der Waals surface area (Å²) in [5, 5.41) is 2.92. The molecular weight excluding hydrogens is 376 g/mol. The van der Waals surface area contributed by atoms with Crippen LogP contribution in [-0.4, -0.2) is 18.4 Å². The number of hydrogen-bond donors (Lipinski definition) is 1. The molecule has 30 heavy (non-hydrogen) atoms. The van der Waals surface area contributed by atoms with Crippen molar-refractivity contribution < 1.29 is 14.3 Å². The van der Waals surface area contributed by atoms with Crippen molar-refractivity contribution in [2.75, 3.05) is 16.8 Å². The highest BCUT2D eigenvalue weighted by atomic mass is 16.5. The van der Waals surface area contributed by atoms with Gasteiger partial charge < -0.3 is 15.0 Å². The van der Waals surface area contributed by atoms with E-state index in [-0.39, 0.29) is 24.2 Å². The molecule has 0 saturated carbocycles. The summed E-state index contributed by atoms with van der Waals surface area (Å²) in [7, 11) is 0. The molecule has 152 valence electrons. The van der Waals surface area contributed by atoms with Gasteiger partial charge >= 0.3 is 0 Å². The number of hydrogen-bond acceptors (Lipinski definition) is 3. The molecule has 1 aliphatic heterocycles. The van der Waals surface area contributed by atoms with Crippen LogP contribution in [0.2, 0.25) is 0 Å². The first-order valence-corrected chi connectivity index (χ1v) is 10.0. The molecule has 0 spiro atoms. The van der Waals surface area contributed by atoms with Crippen LogP contribution >= 0.6 is 0 Å². The van der Waals surface area contributed by atoms with E-state index in [1.807, 2.05) is 74.5 Å². The zero-order chi connectivity index (χ0) is 21.1.